The lowest BCUT2D eigenvalue weighted by molar-refractivity contribution is -0.146. The fraction of sp³-hybridized carbons (Fsp3) is 0.491. The molecule has 8 aromatic rings. The predicted octanol–water partition coefficient (Wildman–Crippen LogP) is 25.7. The van der Waals surface area contributed by atoms with Gasteiger partial charge in [0.05, 0.1) is 65.8 Å². The van der Waals surface area contributed by atoms with Gasteiger partial charge in [-0.3, -0.25) is 43.7 Å². The molecule has 12 aliphatic rings. The molecule has 4 saturated heterocycles. The summed E-state index contributed by atoms with van der Waals surface area (Å²) in [6, 6.07) is 40.4. The van der Waals surface area contributed by atoms with Crippen molar-refractivity contribution in [3.8, 4) is 44.5 Å². The number of ether oxygens (including phenoxy) is 4. The monoisotopic (exact) mass is 1820 g/mol. The third-order valence-corrected chi connectivity index (χ3v) is 33.5. The zero-order valence-corrected chi connectivity index (χ0v) is 77.7. The fourth-order valence-corrected chi connectivity index (χ4v) is 26.7. The lowest BCUT2D eigenvalue weighted by Gasteiger charge is -2.46. The van der Waals surface area contributed by atoms with Crippen molar-refractivity contribution in [1.29, 1.82) is 0 Å². The van der Waals surface area contributed by atoms with Gasteiger partial charge in [0.2, 0.25) is 0 Å². The van der Waals surface area contributed by atoms with E-state index in [2.05, 4.69) is 56.4 Å². The second-order valence-corrected chi connectivity index (χ2v) is 41.3. The van der Waals surface area contributed by atoms with Gasteiger partial charge in [-0.1, -0.05) is 207 Å². The summed E-state index contributed by atoms with van der Waals surface area (Å²) in [5, 5.41) is 1.31. The maximum absolute atomic E-state index is 13.5. The van der Waals surface area contributed by atoms with Crippen molar-refractivity contribution in [3.05, 3.63) is 233 Å². The predicted molar refractivity (Wildman–Crippen MR) is 501 cm³/mol. The average Bonchev–Trinajstić information content (AvgIpc) is 1.67. The average molecular weight is 1830 g/mol. The van der Waals surface area contributed by atoms with Gasteiger partial charge in [0.25, 0.3) is 0 Å². The van der Waals surface area contributed by atoms with Crippen LogP contribution in [0.15, 0.2) is 183 Å². The summed E-state index contributed by atoms with van der Waals surface area (Å²) < 4.78 is 85.6. The molecular weight excluding hydrogens is 1700 g/mol. The Hall–Kier alpha value is -9.23. The number of nitrogens with zero attached hydrogens (tertiary/aromatic N) is 4. The Bertz CT molecular complexity index is 5380. The Kier molecular flexibility index (Phi) is 30.9. The van der Waals surface area contributed by atoms with Gasteiger partial charge in [-0.15, -0.1) is 0 Å². The molecule has 4 aliphatic heterocycles. The second kappa shape index (κ2) is 42.8. The number of pyridine rings is 4. The lowest BCUT2D eigenvalue weighted by Crippen LogP contribution is -2.44. The number of esters is 4. The zero-order chi connectivity index (χ0) is 90.9. The molecule has 0 N–H and O–H groups in total. The minimum atomic E-state index is -3.16. The summed E-state index contributed by atoms with van der Waals surface area (Å²) in [4.78, 5) is 78.1. The molecule has 8 aliphatic carbocycles. The topological polar surface area (TPSA) is 209 Å². The number of benzene rings is 4. The fourth-order valence-electron chi connectivity index (χ4n) is 24.6. The number of fused-ring (bicyclic) bond motifs is 8. The molecule has 686 valence electrons. The van der Waals surface area contributed by atoms with E-state index in [4.69, 9.17) is 51.2 Å². The number of carbonyl (C=O) groups is 5. The zero-order valence-electron chi connectivity index (χ0n) is 75.3. The summed E-state index contributed by atoms with van der Waals surface area (Å²) in [5.41, 5.74) is 10.4. The van der Waals surface area contributed by atoms with E-state index in [9.17, 15) is 41.7 Å². The highest BCUT2D eigenvalue weighted by atomic mass is 35.5. The minimum Gasteiger partial charge on any atom is -0.462 e. The SMILES string of the molecule is CCOP(=O)(Cc1ccc(-c2cccc(F)c2)cn1)OCC.C[C@@H]1C(=O)O[C@H]2C[C@@H]3CCCC[C@H]3[C@H](/C=C/c3ccc(-c4cc(Cl)ccc4Cl)cn3)[C@H]21.C[C@@H]1C(=O)O[C@H]2C[C@@H]3CCCC[C@H]3[C@H](/C=C/c3ccc(-c4ccc(F)cc4)cn3)[C@H]21.C[C@@H]1C(=O)O[C@H]2C[C@@H]3CCCC[C@H]3[C@H](/C=C/c3ccc(-c4cccc(F)c4)cn3)[C@H]21.C[C@@H]1C(=O)O[C@H]2C[C@@H]3CCCC[C@H]3[C@H](C=O)[C@H]21. The van der Waals surface area contributed by atoms with Crippen LogP contribution in [0, 0.1) is 136 Å². The van der Waals surface area contributed by atoms with Crippen LogP contribution in [0.5, 0.6) is 0 Å². The molecule has 130 heavy (non-hydrogen) atoms. The summed E-state index contributed by atoms with van der Waals surface area (Å²) in [6.45, 7) is 12.2. The van der Waals surface area contributed by atoms with Crippen molar-refractivity contribution in [3.63, 3.8) is 0 Å². The first-order valence-corrected chi connectivity index (χ1v) is 50.2. The van der Waals surface area contributed by atoms with Crippen molar-refractivity contribution in [2.45, 2.75) is 201 Å². The smallest absolute Gasteiger partial charge is 0.336 e. The Morgan fingerprint density at radius 3 is 1.09 bits per heavy atom. The molecule has 20 rings (SSSR count). The number of halogens is 5. The van der Waals surface area contributed by atoms with Crippen molar-refractivity contribution < 1.29 is 69.7 Å². The van der Waals surface area contributed by atoms with E-state index in [0.29, 0.717) is 94.0 Å². The number of carbonyl (C=O) groups excluding carboxylic acids is 5. The van der Waals surface area contributed by atoms with Crippen LogP contribution < -0.4 is 0 Å². The Morgan fingerprint density at radius 1 is 0.392 bits per heavy atom. The van der Waals surface area contributed by atoms with Crippen LogP contribution in [0.3, 0.4) is 0 Å². The van der Waals surface area contributed by atoms with E-state index >= 15 is 0 Å². The molecule has 0 unspecified atom stereocenters. The van der Waals surface area contributed by atoms with Gasteiger partial charge >= 0.3 is 31.5 Å². The molecule has 0 bridgehead atoms. The number of rotatable bonds is 17. The van der Waals surface area contributed by atoms with Crippen LogP contribution in [0.1, 0.15) is 193 Å². The largest absolute Gasteiger partial charge is 0.462 e. The number of allylic oxidation sites excluding steroid dienone is 3. The minimum absolute atomic E-state index is 0.0204. The van der Waals surface area contributed by atoms with Crippen LogP contribution in [0.4, 0.5) is 13.2 Å². The third-order valence-electron chi connectivity index (χ3n) is 30.9. The first-order chi connectivity index (χ1) is 63.0. The molecule has 16 nitrogen and oxygen atoms in total. The van der Waals surface area contributed by atoms with Gasteiger partial charge in [-0.2, -0.15) is 0 Å². The lowest BCUT2D eigenvalue weighted by atomic mass is 9.59. The van der Waals surface area contributed by atoms with E-state index in [1.54, 1.807) is 68.7 Å². The van der Waals surface area contributed by atoms with Crippen LogP contribution in [-0.2, 0) is 62.7 Å². The molecule has 22 heteroatoms. The van der Waals surface area contributed by atoms with Crippen LogP contribution in [0.2, 0.25) is 10.0 Å². The number of hydrogen-bond acceptors (Lipinski definition) is 16. The maximum atomic E-state index is 13.5. The first kappa shape index (κ1) is 94.0. The van der Waals surface area contributed by atoms with Gasteiger partial charge in [0.1, 0.15) is 48.2 Å². The van der Waals surface area contributed by atoms with Crippen LogP contribution in [0.25, 0.3) is 62.7 Å². The standard InChI is InChI=1S/C26H27Cl2NO2.2C26H28FNO2.C16H19FNO3P.C14H20O3/c1-15-25-21(20-5-3-2-4-16(20)12-24(25)31-26(15)30)10-9-19-8-6-17(14-29-19)22-13-18(27)7-11-23(22)28;1-16-25-23(22-8-3-2-5-18(22)14-24(25)30-26(16)29)12-11-21-10-9-19(15-28-21)17-6-4-7-20(27)13-17;1-16-25-23(22-5-3-2-4-18(22)14-24(25)30-26(16)29)13-12-21-11-8-19(15-28-21)17-6-9-20(27)10-7-17;1-3-20-22(19,21-4-2)12-16-9-8-14(11-18-16)13-6-5-7-15(17)10-13;1-8-13-11(7-15)10-5-3-2-4-9(10)6-12(13)17-14(8)16/h6-11,13-16,20-21,24-25H,2-5,12H2,1H3;4,6-7,9-13,15-16,18,22-25H,2-3,5,8,14H2,1H3;6-13,15-16,18,22-25H,2-5,14H2,1H3;5-11H,3-4,12H2,1-2H3;7-13H,2-6H2,1H3/b10-9+;12-11+;13-12+;;/t15-,16-,20+,21-,24-,25+;2*16-,18-,22+,23-,24-,25+;;8-,9-,10+,11-,12-,13+/m000.0/s1. The number of aromatic nitrogens is 4. The van der Waals surface area contributed by atoms with Crippen molar-refractivity contribution >= 4 is 79.2 Å². The van der Waals surface area contributed by atoms with Gasteiger partial charge in [0.15, 0.2) is 0 Å². The quantitative estimate of drug-likeness (QED) is 0.0359. The third kappa shape index (κ3) is 21.7. The molecule has 4 aromatic carbocycles. The summed E-state index contributed by atoms with van der Waals surface area (Å²) in [6.07, 6.45) is 46.1. The highest BCUT2D eigenvalue weighted by molar-refractivity contribution is 7.53. The van der Waals surface area contributed by atoms with Gasteiger partial charge in [0, 0.05) is 92.2 Å². The summed E-state index contributed by atoms with van der Waals surface area (Å²) in [5.74, 6) is 6.10. The van der Waals surface area contributed by atoms with E-state index in [1.807, 2.05) is 101 Å². The Morgan fingerprint density at radius 2 is 0.738 bits per heavy atom. The molecule has 8 saturated carbocycles. The summed E-state index contributed by atoms with van der Waals surface area (Å²) in [7, 11) is -3.16. The van der Waals surface area contributed by atoms with E-state index in [0.717, 1.165) is 100.0 Å². The van der Waals surface area contributed by atoms with Crippen molar-refractivity contribution in [2.75, 3.05) is 13.2 Å². The molecule has 0 amide bonds. The molecule has 12 fully saturated rings. The molecule has 0 spiro atoms. The van der Waals surface area contributed by atoms with Gasteiger partial charge < -0.3 is 32.8 Å². The van der Waals surface area contributed by atoms with Crippen molar-refractivity contribution in [1.82, 2.24) is 19.9 Å². The summed E-state index contributed by atoms with van der Waals surface area (Å²) >= 11 is 12.5. The molecule has 8 heterocycles. The van der Waals surface area contributed by atoms with Crippen molar-refractivity contribution in [2.24, 2.45) is 118 Å². The molecule has 24 atom stereocenters. The van der Waals surface area contributed by atoms with Gasteiger partial charge in [-0.25, -0.2) is 13.2 Å². The van der Waals surface area contributed by atoms with Crippen LogP contribution >= 0.6 is 30.8 Å². The number of hydrogen-bond donors (Lipinski definition) is 0. The Balaban J connectivity index is 0.000000121. The van der Waals surface area contributed by atoms with Crippen LogP contribution in [-0.4, -0.2) is 87.7 Å². The normalized spacial score (nSPS) is 31.5. The van der Waals surface area contributed by atoms with E-state index in [1.165, 1.54) is 133 Å². The second-order valence-electron chi connectivity index (χ2n) is 38.4. The first-order valence-electron chi connectivity index (χ1n) is 47.8. The number of aldehydes is 1. The van der Waals surface area contributed by atoms with E-state index in [-0.39, 0.29) is 125 Å². The van der Waals surface area contributed by atoms with Gasteiger partial charge in [-0.05, 0) is 244 Å². The molecule has 4 aromatic heterocycles. The molecular formula is C108H122Cl2F3N4O12P. The Labute approximate surface area is 773 Å². The van der Waals surface area contributed by atoms with E-state index < -0.39 is 7.60 Å². The highest BCUT2D eigenvalue weighted by Gasteiger charge is 2.58. The molecule has 0 radical (unpaired) electrons. The maximum Gasteiger partial charge on any atom is 0.336 e. The highest BCUT2D eigenvalue weighted by Crippen LogP contribution is 2.58.